The zero-order valence-electron chi connectivity index (χ0n) is 16.0. The quantitative estimate of drug-likeness (QED) is 0.347. The molecule has 0 unspecified atom stereocenters. The summed E-state index contributed by atoms with van der Waals surface area (Å²) in [4.78, 5) is 28.1. The molecule has 5 rings (SSSR count). The van der Waals surface area contributed by atoms with Crippen LogP contribution in [0.5, 0.6) is 0 Å². The van der Waals surface area contributed by atoms with E-state index in [1.165, 1.54) is 0 Å². The molecule has 0 spiro atoms. The highest BCUT2D eigenvalue weighted by Crippen LogP contribution is 2.29. The van der Waals surface area contributed by atoms with Crippen LogP contribution < -0.4 is 16.0 Å². The molecule has 2 amide bonds. The third-order valence-corrected chi connectivity index (χ3v) is 4.96. The molecule has 30 heavy (non-hydrogen) atoms. The van der Waals surface area contributed by atoms with Gasteiger partial charge in [0.15, 0.2) is 5.65 Å². The largest absolute Gasteiger partial charge is 0.367 e. The molecule has 2 aromatic heterocycles. The Morgan fingerprint density at radius 3 is 2.87 bits per heavy atom. The van der Waals surface area contributed by atoms with Crippen molar-refractivity contribution in [2.24, 2.45) is 0 Å². The second kappa shape index (κ2) is 7.04. The highest BCUT2D eigenvalue weighted by atomic mass is 16.2. The maximum Gasteiger partial charge on any atom is 0.254 e. The third kappa shape index (κ3) is 3.49. The first kappa shape index (κ1) is 17.9. The van der Waals surface area contributed by atoms with E-state index in [9.17, 15) is 9.59 Å². The summed E-state index contributed by atoms with van der Waals surface area (Å²) in [5, 5.41) is 13.5. The number of terminal acetylenes is 1. The van der Waals surface area contributed by atoms with E-state index < -0.39 is 0 Å². The Balaban J connectivity index is 1.57. The van der Waals surface area contributed by atoms with Crippen LogP contribution in [0.1, 0.15) is 30.4 Å². The Morgan fingerprint density at radius 2 is 2.13 bits per heavy atom. The van der Waals surface area contributed by atoms with Gasteiger partial charge in [0.05, 0.1) is 12.6 Å². The van der Waals surface area contributed by atoms with Crippen LogP contribution in [0, 0.1) is 12.3 Å². The SMILES string of the molecule is C#Cc1cccc(Nc2cc(NC3CC3)n3ncc(C=C4CC(=O)NC4=O)c3n2)c1. The van der Waals surface area contributed by atoms with Gasteiger partial charge in [0, 0.05) is 34.5 Å². The molecule has 1 saturated carbocycles. The van der Waals surface area contributed by atoms with Crippen molar-refractivity contribution in [2.45, 2.75) is 25.3 Å². The lowest BCUT2D eigenvalue weighted by Crippen LogP contribution is -2.19. The molecule has 1 aromatic carbocycles. The lowest BCUT2D eigenvalue weighted by Gasteiger charge is -2.12. The number of nitrogens with one attached hydrogen (secondary N) is 3. The van der Waals surface area contributed by atoms with Gasteiger partial charge in [0.2, 0.25) is 5.91 Å². The summed E-state index contributed by atoms with van der Waals surface area (Å²) in [6.07, 6.45) is 11.1. The Hall–Kier alpha value is -4.12. The molecule has 3 heterocycles. The van der Waals surface area contributed by atoms with Crippen molar-refractivity contribution >= 4 is 40.9 Å². The average Bonchev–Trinajstić information content (AvgIpc) is 3.37. The van der Waals surface area contributed by atoms with Crippen molar-refractivity contribution in [2.75, 3.05) is 10.6 Å². The van der Waals surface area contributed by atoms with Gasteiger partial charge in [0.1, 0.15) is 11.6 Å². The van der Waals surface area contributed by atoms with Gasteiger partial charge in [-0.3, -0.25) is 14.9 Å². The normalized spacial score (nSPS) is 17.2. The standard InChI is InChI=1S/C22H18N6O2/c1-2-13-4-3-5-17(8-13)24-18-11-19(25-16-6-7-16)28-21(26-18)15(12-23-28)9-14-10-20(29)27-22(14)30/h1,3-5,8-9,11-12,16,25H,6-7,10H2,(H,24,26)(H,27,29,30). The van der Waals surface area contributed by atoms with Crippen LogP contribution in [0.3, 0.4) is 0 Å². The number of fused-ring (bicyclic) bond motifs is 1. The minimum absolute atomic E-state index is 0.0557. The smallest absolute Gasteiger partial charge is 0.254 e. The molecule has 0 bridgehead atoms. The molecule has 2 aliphatic rings. The van der Waals surface area contributed by atoms with Gasteiger partial charge >= 0.3 is 0 Å². The molecule has 1 aliphatic carbocycles. The zero-order chi connectivity index (χ0) is 20.7. The fourth-order valence-corrected chi connectivity index (χ4v) is 3.33. The summed E-state index contributed by atoms with van der Waals surface area (Å²) in [7, 11) is 0. The number of hydrogen-bond acceptors (Lipinski definition) is 6. The van der Waals surface area contributed by atoms with E-state index in [1.54, 1.807) is 16.8 Å². The maximum atomic E-state index is 11.9. The molecule has 2 fully saturated rings. The zero-order valence-corrected chi connectivity index (χ0v) is 16.0. The second-order valence-electron chi connectivity index (χ2n) is 7.35. The number of anilines is 3. The first-order valence-corrected chi connectivity index (χ1v) is 9.63. The van der Waals surface area contributed by atoms with Crippen LogP contribution in [0.25, 0.3) is 11.7 Å². The number of carbonyl (C=O) groups excluding carboxylic acids is 2. The van der Waals surface area contributed by atoms with Crippen molar-refractivity contribution in [3.8, 4) is 12.3 Å². The monoisotopic (exact) mass is 398 g/mol. The Kier molecular flexibility index (Phi) is 4.21. The van der Waals surface area contributed by atoms with Crippen molar-refractivity contribution < 1.29 is 9.59 Å². The summed E-state index contributed by atoms with van der Waals surface area (Å²) in [5.41, 5.74) is 3.23. The predicted molar refractivity (Wildman–Crippen MR) is 113 cm³/mol. The van der Waals surface area contributed by atoms with E-state index in [-0.39, 0.29) is 18.2 Å². The Morgan fingerprint density at radius 1 is 1.27 bits per heavy atom. The van der Waals surface area contributed by atoms with Gasteiger partial charge in [-0.05, 0) is 37.1 Å². The van der Waals surface area contributed by atoms with Crippen LogP contribution in [0.15, 0.2) is 42.1 Å². The molecule has 1 aliphatic heterocycles. The molecule has 3 N–H and O–H groups in total. The Bertz CT molecular complexity index is 1260. The summed E-state index contributed by atoms with van der Waals surface area (Å²) in [6, 6.07) is 9.82. The van der Waals surface area contributed by atoms with Gasteiger partial charge < -0.3 is 10.6 Å². The van der Waals surface area contributed by atoms with Gasteiger partial charge in [-0.15, -0.1) is 6.42 Å². The molecule has 0 atom stereocenters. The summed E-state index contributed by atoms with van der Waals surface area (Å²) >= 11 is 0. The van der Waals surface area contributed by atoms with E-state index in [4.69, 9.17) is 11.4 Å². The van der Waals surface area contributed by atoms with Crippen LogP contribution in [-0.2, 0) is 9.59 Å². The first-order valence-electron chi connectivity index (χ1n) is 9.63. The summed E-state index contributed by atoms with van der Waals surface area (Å²) in [5.74, 6) is 3.36. The number of nitrogens with zero attached hydrogens (tertiary/aromatic N) is 3. The molecular weight excluding hydrogens is 380 g/mol. The van der Waals surface area contributed by atoms with Gasteiger partial charge in [0.25, 0.3) is 5.91 Å². The van der Waals surface area contributed by atoms with Crippen molar-refractivity contribution in [1.82, 2.24) is 19.9 Å². The number of benzene rings is 1. The van der Waals surface area contributed by atoms with E-state index >= 15 is 0 Å². The molecule has 148 valence electrons. The van der Waals surface area contributed by atoms with Crippen LogP contribution in [0.4, 0.5) is 17.3 Å². The van der Waals surface area contributed by atoms with Gasteiger partial charge in [-0.25, -0.2) is 4.98 Å². The third-order valence-electron chi connectivity index (χ3n) is 4.96. The fraction of sp³-hybridized carbons (Fsp3) is 0.182. The number of imide groups is 1. The van der Waals surface area contributed by atoms with Crippen molar-refractivity contribution in [3.63, 3.8) is 0 Å². The topological polar surface area (TPSA) is 100 Å². The molecular formula is C22H18N6O2. The highest BCUT2D eigenvalue weighted by molar-refractivity contribution is 6.15. The number of carbonyl (C=O) groups is 2. The number of rotatable bonds is 5. The van der Waals surface area contributed by atoms with Crippen LogP contribution >= 0.6 is 0 Å². The van der Waals surface area contributed by atoms with E-state index in [2.05, 4.69) is 27.0 Å². The minimum Gasteiger partial charge on any atom is -0.367 e. The van der Waals surface area contributed by atoms with E-state index in [0.717, 1.165) is 29.9 Å². The van der Waals surface area contributed by atoms with Crippen molar-refractivity contribution in [1.29, 1.82) is 0 Å². The summed E-state index contributed by atoms with van der Waals surface area (Å²) < 4.78 is 1.71. The molecule has 0 radical (unpaired) electrons. The Labute approximate surface area is 172 Å². The number of amides is 2. The molecule has 3 aromatic rings. The first-order chi connectivity index (χ1) is 14.6. The number of hydrogen-bond donors (Lipinski definition) is 3. The average molecular weight is 398 g/mol. The highest BCUT2D eigenvalue weighted by Gasteiger charge is 2.25. The summed E-state index contributed by atoms with van der Waals surface area (Å²) in [6.45, 7) is 0. The molecule has 8 heteroatoms. The van der Waals surface area contributed by atoms with Crippen molar-refractivity contribution in [3.05, 3.63) is 53.2 Å². The lowest BCUT2D eigenvalue weighted by atomic mass is 10.1. The van der Waals surface area contributed by atoms with Crippen LogP contribution in [-0.4, -0.2) is 32.5 Å². The predicted octanol–water partition coefficient (Wildman–Crippen LogP) is 2.46. The molecule has 1 saturated heterocycles. The van der Waals surface area contributed by atoms with Gasteiger partial charge in [-0.2, -0.15) is 9.61 Å². The van der Waals surface area contributed by atoms with Gasteiger partial charge in [-0.1, -0.05) is 12.0 Å². The minimum atomic E-state index is -0.379. The molecule has 8 nitrogen and oxygen atoms in total. The van der Waals surface area contributed by atoms with E-state index in [1.807, 2.05) is 30.3 Å². The fourth-order valence-electron chi connectivity index (χ4n) is 3.33. The van der Waals surface area contributed by atoms with Crippen LogP contribution in [0.2, 0.25) is 0 Å². The van der Waals surface area contributed by atoms with E-state index in [0.29, 0.717) is 28.6 Å². The lowest BCUT2D eigenvalue weighted by molar-refractivity contribution is -0.124. The maximum absolute atomic E-state index is 11.9. The second-order valence-corrected chi connectivity index (χ2v) is 7.35. The number of aromatic nitrogens is 3.